The van der Waals surface area contributed by atoms with E-state index >= 15 is 0 Å². The Hall–Kier alpha value is -1.35. The number of carboxylic acids is 1. The minimum atomic E-state index is -0.634. The Kier molecular flexibility index (Phi) is 4.97. The minimum absolute atomic E-state index is 0.220. The van der Waals surface area contributed by atoms with Gasteiger partial charge in [-0.3, -0.25) is 0 Å². The third-order valence-corrected chi connectivity index (χ3v) is 4.15. The Labute approximate surface area is 115 Å². The van der Waals surface area contributed by atoms with Gasteiger partial charge in [-0.2, -0.15) is 0 Å². The third kappa shape index (κ3) is 3.80. The van der Waals surface area contributed by atoms with Crippen molar-refractivity contribution in [2.75, 3.05) is 6.54 Å². The summed E-state index contributed by atoms with van der Waals surface area (Å²) in [5, 5.41) is 9.38. The number of carbonyl (C=O) groups is 1. The molecule has 0 aromatic heterocycles. The summed E-state index contributed by atoms with van der Waals surface area (Å²) in [5.74, 6) is -0.0512. The number of likely N-dealkylation sites (tertiary alicyclic amines) is 1. The van der Waals surface area contributed by atoms with Gasteiger partial charge in [-0.1, -0.05) is 50.1 Å². The predicted molar refractivity (Wildman–Crippen MR) is 75.0 cm³/mol. The van der Waals surface area contributed by atoms with Gasteiger partial charge in [0.05, 0.1) is 6.54 Å². The molecule has 1 aliphatic heterocycles. The Morgan fingerprint density at radius 2 is 2.11 bits per heavy atom. The highest BCUT2D eigenvalue weighted by atomic mass is 16.4. The first-order valence-corrected chi connectivity index (χ1v) is 7.32. The number of unbranched alkanes of at least 4 members (excludes halogenated alkanes) is 1. The molecule has 1 aromatic carbocycles. The normalized spacial score (nSPS) is 26.5. The molecule has 0 saturated carbocycles. The van der Waals surface area contributed by atoms with Gasteiger partial charge >= 0.3 is 5.97 Å². The van der Waals surface area contributed by atoms with Crippen LogP contribution in [0.5, 0.6) is 0 Å². The summed E-state index contributed by atoms with van der Waals surface area (Å²) in [6.07, 6.45) is 4.44. The number of rotatable bonds is 6. The summed E-state index contributed by atoms with van der Waals surface area (Å²) in [6, 6.07) is 10.0. The van der Waals surface area contributed by atoms with Gasteiger partial charge in [0.25, 0.3) is 0 Å². The second kappa shape index (κ2) is 6.71. The maximum Gasteiger partial charge on any atom is 0.362 e. The van der Waals surface area contributed by atoms with Gasteiger partial charge in [0.1, 0.15) is 6.54 Å². The molecule has 3 heteroatoms. The van der Waals surface area contributed by atoms with Crippen molar-refractivity contribution in [2.45, 2.75) is 45.2 Å². The first-order chi connectivity index (χ1) is 9.20. The molecule has 0 amide bonds. The molecule has 1 aromatic rings. The van der Waals surface area contributed by atoms with Crippen molar-refractivity contribution in [3.05, 3.63) is 35.9 Å². The van der Waals surface area contributed by atoms with Crippen LogP contribution in [0.2, 0.25) is 0 Å². The number of nitrogens with one attached hydrogen (secondary N) is 1. The van der Waals surface area contributed by atoms with Crippen LogP contribution in [-0.2, 0) is 11.3 Å². The van der Waals surface area contributed by atoms with Crippen molar-refractivity contribution in [1.29, 1.82) is 0 Å². The van der Waals surface area contributed by atoms with Gasteiger partial charge in [0.2, 0.25) is 0 Å². The van der Waals surface area contributed by atoms with Gasteiger partial charge in [0.15, 0.2) is 6.04 Å². The van der Waals surface area contributed by atoms with Crippen LogP contribution < -0.4 is 4.90 Å². The van der Waals surface area contributed by atoms with Crippen LogP contribution >= 0.6 is 0 Å². The molecule has 0 bridgehead atoms. The van der Waals surface area contributed by atoms with E-state index in [1.54, 1.807) is 0 Å². The molecule has 3 atom stereocenters. The summed E-state index contributed by atoms with van der Waals surface area (Å²) in [7, 11) is 0. The minimum Gasteiger partial charge on any atom is -0.477 e. The van der Waals surface area contributed by atoms with Crippen molar-refractivity contribution in [3.8, 4) is 0 Å². The topological polar surface area (TPSA) is 41.7 Å². The molecule has 1 saturated heterocycles. The first kappa shape index (κ1) is 14.1. The van der Waals surface area contributed by atoms with Crippen molar-refractivity contribution < 1.29 is 14.8 Å². The van der Waals surface area contributed by atoms with Crippen LogP contribution in [0.25, 0.3) is 0 Å². The molecule has 1 heterocycles. The van der Waals surface area contributed by atoms with Gasteiger partial charge in [-0.05, 0) is 6.42 Å². The molecule has 19 heavy (non-hydrogen) atoms. The zero-order valence-electron chi connectivity index (χ0n) is 11.6. The predicted octanol–water partition coefficient (Wildman–Crippen LogP) is 1.73. The van der Waals surface area contributed by atoms with Gasteiger partial charge in [0, 0.05) is 17.9 Å². The number of benzene rings is 1. The summed E-state index contributed by atoms with van der Waals surface area (Å²) < 4.78 is 0. The van der Waals surface area contributed by atoms with E-state index < -0.39 is 5.97 Å². The van der Waals surface area contributed by atoms with Crippen LogP contribution in [0.4, 0.5) is 0 Å². The highest BCUT2D eigenvalue weighted by Gasteiger charge is 2.40. The van der Waals surface area contributed by atoms with Crippen molar-refractivity contribution >= 4 is 5.97 Å². The van der Waals surface area contributed by atoms with E-state index in [1.807, 2.05) is 18.2 Å². The second-order valence-corrected chi connectivity index (χ2v) is 5.66. The zero-order chi connectivity index (χ0) is 13.7. The van der Waals surface area contributed by atoms with Gasteiger partial charge in [-0.25, -0.2) is 4.79 Å². The highest BCUT2D eigenvalue weighted by Crippen LogP contribution is 2.17. The molecule has 2 N–H and O–H groups in total. The standard InChI is InChI=1S/C16H23NO2/c1-2-3-7-14-10-15(16(18)19)17(12-14)11-13-8-5-4-6-9-13/h4-6,8-9,14-15H,2-3,7,10-12H2,1H3,(H,18,19)/p+1/t14-,15+/m0/s1. The van der Waals surface area contributed by atoms with Crippen molar-refractivity contribution in [3.63, 3.8) is 0 Å². The largest absolute Gasteiger partial charge is 0.477 e. The zero-order valence-corrected chi connectivity index (χ0v) is 11.6. The fourth-order valence-corrected chi connectivity index (χ4v) is 3.14. The van der Waals surface area contributed by atoms with Crippen LogP contribution in [-0.4, -0.2) is 23.7 Å². The van der Waals surface area contributed by atoms with Crippen molar-refractivity contribution in [1.82, 2.24) is 0 Å². The molecule has 1 unspecified atom stereocenters. The van der Waals surface area contributed by atoms with Crippen LogP contribution in [0.1, 0.15) is 38.2 Å². The monoisotopic (exact) mass is 262 g/mol. The quantitative estimate of drug-likeness (QED) is 0.820. The second-order valence-electron chi connectivity index (χ2n) is 5.66. The molecule has 3 nitrogen and oxygen atoms in total. The highest BCUT2D eigenvalue weighted by molar-refractivity contribution is 5.72. The molecular formula is C16H24NO2+. The van der Waals surface area contributed by atoms with E-state index in [9.17, 15) is 9.90 Å². The van der Waals surface area contributed by atoms with Crippen LogP contribution in [0.15, 0.2) is 30.3 Å². The Morgan fingerprint density at radius 1 is 1.37 bits per heavy atom. The van der Waals surface area contributed by atoms with Crippen LogP contribution in [0.3, 0.4) is 0 Å². The lowest BCUT2D eigenvalue weighted by Gasteiger charge is -2.18. The number of hydrogen-bond donors (Lipinski definition) is 2. The van der Waals surface area contributed by atoms with E-state index in [1.165, 1.54) is 29.7 Å². The molecular weight excluding hydrogens is 238 g/mol. The third-order valence-electron chi connectivity index (χ3n) is 4.15. The molecule has 0 aliphatic carbocycles. The molecule has 0 spiro atoms. The summed E-state index contributed by atoms with van der Waals surface area (Å²) in [6.45, 7) is 4.03. The first-order valence-electron chi connectivity index (χ1n) is 7.32. The summed E-state index contributed by atoms with van der Waals surface area (Å²) in [5.41, 5.74) is 1.24. The molecule has 104 valence electrons. The van der Waals surface area contributed by atoms with Gasteiger partial charge in [-0.15, -0.1) is 0 Å². The molecule has 1 fully saturated rings. The Morgan fingerprint density at radius 3 is 2.74 bits per heavy atom. The van der Waals surface area contributed by atoms with E-state index in [2.05, 4.69) is 19.1 Å². The Bertz CT molecular complexity index is 404. The smallest absolute Gasteiger partial charge is 0.362 e. The maximum absolute atomic E-state index is 11.4. The number of hydrogen-bond acceptors (Lipinski definition) is 1. The average Bonchev–Trinajstić information content (AvgIpc) is 2.81. The van der Waals surface area contributed by atoms with E-state index in [4.69, 9.17) is 0 Å². The molecule has 0 radical (unpaired) electrons. The average molecular weight is 262 g/mol. The lowest BCUT2D eigenvalue weighted by molar-refractivity contribution is -0.919. The Balaban J connectivity index is 1.99. The van der Waals surface area contributed by atoms with E-state index in [0.29, 0.717) is 5.92 Å². The number of carboxylic acid groups (broad SMARTS) is 1. The van der Waals surface area contributed by atoms with E-state index in [-0.39, 0.29) is 6.04 Å². The molecule has 2 rings (SSSR count). The maximum atomic E-state index is 11.4. The summed E-state index contributed by atoms with van der Waals surface area (Å²) >= 11 is 0. The number of quaternary nitrogens is 1. The summed E-state index contributed by atoms with van der Waals surface area (Å²) in [4.78, 5) is 12.6. The fraction of sp³-hybridized carbons (Fsp3) is 0.562. The SMILES string of the molecule is CCCC[C@H]1C[C@H](C(=O)O)[NH+](Cc2ccccc2)C1. The van der Waals surface area contributed by atoms with E-state index in [0.717, 1.165) is 19.5 Å². The van der Waals surface area contributed by atoms with Gasteiger partial charge < -0.3 is 10.0 Å². The lowest BCUT2D eigenvalue weighted by atomic mass is 9.99. The number of aliphatic carboxylic acids is 1. The fourth-order valence-electron chi connectivity index (χ4n) is 3.14. The lowest BCUT2D eigenvalue weighted by Crippen LogP contribution is -3.13. The molecule has 1 aliphatic rings. The van der Waals surface area contributed by atoms with Crippen molar-refractivity contribution in [2.24, 2.45) is 5.92 Å². The van der Waals surface area contributed by atoms with Crippen LogP contribution in [0, 0.1) is 5.92 Å².